The van der Waals surface area contributed by atoms with Crippen LogP contribution in [0.25, 0.3) is 11.0 Å². The molecule has 1 amide bonds. The van der Waals surface area contributed by atoms with Crippen molar-refractivity contribution in [3.05, 3.63) is 46.4 Å². The van der Waals surface area contributed by atoms with Gasteiger partial charge in [0, 0.05) is 24.7 Å². The first kappa shape index (κ1) is 18.0. The molecule has 2 aromatic rings. The molecule has 6 heteroatoms. The Balaban J connectivity index is 1.63. The number of nitrogens with zero attached hydrogens (tertiary/aromatic N) is 3. The number of carbonyl (C=O) groups is 1. The molecule has 3 atom stereocenters. The highest BCUT2D eigenvalue weighted by molar-refractivity contribution is 5.89. The fraction of sp³-hybridized carbons (Fsp3) is 0.524. The van der Waals surface area contributed by atoms with Crippen molar-refractivity contribution in [2.45, 2.75) is 64.2 Å². The van der Waals surface area contributed by atoms with Crippen LogP contribution in [-0.4, -0.2) is 45.2 Å². The van der Waals surface area contributed by atoms with Gasteiger partial charge in [0.15, 0.2) is 0 Å². The Morgan fingerprint density at radius 1 is 1.15 bits per heavy atom. The van der Waals surface area contributed by atoms with Gasteiger partial charge in [-0.05, 0) is 58.7 Å². The van der Waals surface area contributed by atoms with Crippen molar-refractivity contribution in [1.29, 1.82) is 0 Å². The Hall–Kier alpha value is -2.34. The number of imidazole rings is 1. The Morgan fingerprint density at radius 3 is 2.41 bits per heavy atom. The molecule has 2 saturated heterocycles. The number of piperidine rings is 1. The second-order valence-corrected chi connectivity index (χ2v) is 8.17. The first-order valence-electron chi connectivity index (χ1n) is 9.82. The van der Waals surface area contributed by atoms with Crippen LogP contribution in [0.5, 0.6) is 0 Å². The molecule has 0 saturated carbocycles. The third kappa shape index (κ3) is 3.23. The lowest BCUT2D eigenvalue weighted by Gasteiger charge is -2.36. The van der Waals surface area contributed by atoms with Gasteiger partial charge >= 0.3 is 11.7 Å². The average molecular weight is 368 g/mol. The summed E-state index contributed by atoms with van der Waals surface area (Å²) in [5, 5.41) is 3.14. The molecular formula is C21H28N4O2. The third-order valence-electron chi connectivity index (χ3n) is 6.15. The lowest BCUT2D eigenvalue weighted by molar-refractivity contribution is 0.149. The fourth-order valence-corrected chi connectivity index (χ4v) is 4.62. The van der Waals surface area contributed by atoms with Gasteiger partial charge in [-0.3, -0.25) is 4.57 Å². The van der Waals surface area contributed by atoms with E-state index in [0.29, 0.717) is 24.1 Å². The van der Waals surface area contributed by atoms with E-state index in [-0.39, 0.29) is 17.8 Å². The molecule has 3 heterocycles. The number of para-hydroxylation sites is 2. The van der Waals surface area contributed by atoms with Crippen LogP contribution < -0.4 is 11.0 Å². The van der Waals surface area contributed by atoms with Crippen LogP contribution in [0.4, 0.5) is 4.79 Å². The maximum atomic E-state index is 13.0. The summed E-state index contributed by atoms with van der Waals surface area (Å²) < 4.78 is 2.97. The molecule has 2 fully saturated rings. The van der Waals surface area contributed by atoms with Gasteiger partial charge in [-0.2, -0.15) is 0 Å². The molecule has 27 heavy (non-hydrogen) atoms. The molecule has 1 aromatic heterocycles. The normalized spacial score (nSPS) is 24.9. The minimum Gasteiger partial charge on any atom is -0.334 e. The van der Waals surface area contributed by atoms with Gasteiger partial charge in [0.25, 0.3) is 0 Å². The fourth-order valence-electron chi connectivity index (χ4n) is 4.62. The summed E-state index contributed by atoms with van der Waals surface area (Å²) >= 11 is 0. The minimum atomic E-state index is -0.305. The number of rotatable bonds is 3. The topological polar surface area (TPSA) is 59.3 Å². The van der Waals surface area contributed by atoms with Gasteiger partial charge in [-0.25, -0.2) is 14.2 Å². The molecule has 0 radical (unpaired) electrons. The lowest BCUT2D eigenvalue weighted by Crippen LogP contribution is -2.50. The second kappa shape index (κ2) is 7.00. The van der Waals surface area contributed by atoms with E-state index in [9.17, 15) is 9.59 Å². The molecule has 0 aliphatic carbocycles. The molecule has 2 bridgehead atoms. The van der Waals surface area contributed by atoms with Crippen LogP contribution >= 0.6 is 0 Å². The number of hydrogen-bond donors (Lipinski definition) is 1. The van der Waals surface area contributed by atoms with Gasteiger partial charge in [-0.1, -0.05) is 23.8 Å². The van der Waals surface area contributed by atoms with Crippen LogP contribution in [0.2, 0.25) is 0 Å². The van der Waals surface area contributed by atoms with E-state index < -0.39 is 0 Å². The van der Waals surface area contributed by atoms with Gasteiger partial charge < -0.3 is 10.2 Å². The number of nitrogens with one attached hydrogen (secondary N) is 1. The number of amides is 1. The maximum absolute atomic E-state index is 13.0. The zero-order chi connectivity index (χ0) is 19.1. The predicted octanol–water partition coefficient (Wildman–Crippen LogP) is 2.95. The smallest absolute Gasteiger partial charge is 0.334 e. The number of allylic oxidation sites excluding steroid dienone is 2. The van der Waals surface area contributed by atoms with Crippen molar-refractivity contribution in [3.63, 3.8) is 0 Å². The van der Waals surface area contributed by atoms with Gasteiger partial charge in [0.1, 0.15) is 0 Å². The first-order valence-corrected chi connectivity index (χ1v) is 9.82. The molecule has 2 aliphatic heterocycles. The average Bonchev–Trinajstić information content (AvgIpc) is 3.00. The van der Waals surface area contributed by atoms with Crippen LogP contribution in [0.15, 0.2) is 40.7 Å². The summed E-state index contributed by atoms with van der Waals surface area (Å²) in [5.74, 6) is 0. The number of carbonyl (C=O) groups excluding carboxylic acids is 1. The summed E-state index contributed by atoms with van der Waals surface area (Å²) in [6.45, 7) is 4.48. The molecule has 1 N–H and O–H groups in total. The van der Waals surface area contributed by atoms with Crippen molar-refractivity contribution in [2.75, 3.05) is 7.05 Å². The van der Waals surface area contributed by atoms with Gasteiger partial charge in [0.05, 0.1) is 11.0 Å². The quantitative estimate of drug-likeness (QED) is 0.848. The highest BCUT2D eigenvalue weighted by atomic mass is 16.2. The highest BCUT2D eigenvalue weighted by Crippen LogP contribution is 2.34. The third-order valence-corrected chi connectivity index (χ3v) is 6.15. The van der Waals surface area contributed by atoms with E-state index in [1.807, 2.05) is 44.2 Å². The zero-order valence-corrected chi connectivity index (χ0v) is 16.3. The lowest BCUT2D eigenvalue weighted by atomic mass is 9.98. The van der Waals surface area contributed by atoms with E-state index in [2.05, 4.69) is 17.3 Å². The Bertz CT molecular complexity index is 937. The summed E-state index contributed by atoms with van der Waals surface area (Å²) in [7, 11) is 2.18. The molecule has 6 nitrogen and oxygen atoms in total. The number of hydrogen-bond acceptors (Lipinski definition) is 3. The van der Waals surface area contributed by atoms with E-state index in [0.717, 1.165) is 23.9 Å². The number of fused-ring (bicyclic) bond motifs is 3. The molecule has 0 spiro atoms. The maximum Gasteiger partial charge on any atom is 0.337 e. The molecule has 144 valence electrons. The minimum absolute atomic E-state index is 0.137. The number of aromatic nitrogens is 2. The largest absolute Gasteiger partial charge is 0.337 e. The SMILES string of the molecule is CC(C)=CCn1c(=O)n(C(=O)N[C@H]2C[C@H]3CC[C@@H](C2)N3C)c2ccccc21. The van der Waals surface area contributed by atoms with E-state index in [4.69, 9.17) is 0 Å². The van der Waals surface area contributed by atoms with Crippen molar-refractivity contribution >= 4 is 17.1 Å². The monoisotopic (exact) mass is 368 g/mol. The van der Waals surface area contributed by atoms with E-state index in [1.165, 1.54) is 17.4 Å². The summed E-state index contributed by atoms with van der Waals surface area (Å²) in [6.07, 6.45) is 6.34. The van der Waals surface area contributed by atoms with Crippen molar-refractivity contribution in [2.24, 2.45) is 0 Å². The Kier molecular flexibility index (Phi) is 4.68. The summed E-state index contributed by atoms with van der Waals surface area (Å²) in [4.78, 5) is 28.5. The molecule has 0 unspecified atom stereocenters. The summed E-state index contributed by atoms with van der Waals surface area (Å²) in [6, 6.07) is 8.43. The highest BCUT2D eigenvalue weighted by Gasteiger charge is 2.39. The van der Waals surface area contributed by atoms with Crippen molar-refractivity contribution in [3.8, 4) is 0 Å². The van der Waals surface area contributed by atoms with Gasteiger partial charge in [-0.15, -0.1) is 0 Å². The van der Waals surface area contributed by atoms with Gasteiger partial charge in [0.2, 0.25) is 0 Å². The van der Waals surface area contributed by atoms with E-state index >= 15 is 0 Å². The van der Waals surface area contributed by atoms with Crippen LogP contribution in [-0.2, 0) is 6.54 Å². The first-order chi connectivity index (χ1) is 13.0. The molecule has 2 aliphatic rings. The standard InChI is InChI=1S/C21H28N4O2/c1-14(2)10-11-24-18-6-4-5-7-19(18)25(21(24)27)20(26)22-15-12-16-8-9-17(13-15)23(16)3/h4-7,10,15-17H,8-9,11-13H2,1-3H3,(H,22,26)/t15-,16+,17-. The van der Waals surface area contributed by atoms with Crippen molar-refractivity contribution in [1.82, 2.24) is 19.4 Å². The zero-order valence-electron chi connectivity index (χ0n) is 16.3. The van der Waals surface area contributed by atoms with Crippen molar-refractivity contribution < 1.29 is 4.79 Å². The van der Waals surface area contributed by atoms with Crippen LogP contribution in [0, 0.1) is 0 Å². The number of benzene rings is 1. The Morgan fingerprint density at radius 2 is 1.78 bits per heavy atom. The predicted molar refractivity (Wildman–Crippen MR) is 107 cm³/mol. The molecular weight excluding hydrogens is 340 g/mol. The molecule has 1 aromatic carbocycles. The van der Waals surface area contributed by atoms with Crippen LogP contribution in [0.3, 0.4) is 0 Å². The Labute approximate surface area is 159 Å². The van der Waals surface area contributed by atoms with Crippen LogP contribution in [0.1, 0.15) is 39.5 Å². The second-order valence-electron chi connectivity index (χ2n) is 8.17. The van der Waals surface area contributed by atoms with E-state index in [1.54, 1.807) is 4.57 Å². The summed E-state index contributed by atoms with van der Waals surface area (Å²) in [5.41, 5.74) is 2.32. The molecule has 4 rings (SSSR count).